The van der Waals surface area contributed by atoms with Crippen LogP contribution in [-0.2, 0) is 16.4 Å². The van der Waals surface area contributed by atoms with Gasteiger partial charge in [0.2, 0.25) is 0 Å². The standard InChI is InChI=1S/C14H21N3O2S/c1-17(13-6-7-20(18,19)10-13)14-5-2-11(9-16-14)8-15-12-3-4-12/h2,5,9,12-13,15H,3-4,6-8,10H2,1H3. The fraction of sp³-hybridized carbons (Fsp3) is 0.643. The number of rotatable bonds is 5. The predicted octanol–water partition coefficient (Wildman–Crippen LogP) is 0.957. The fourth-order valence-corrected chi connectivity index (χ4v) is 4.32. The first-order chi connectivity index (χ1) is 9.53. The molecule has 1 atom stereocenters. The number of hydrogen-bond donors (Lipinski definition) is 1. The van der Waals surface area contributed by atoms with Crippen molar-refractivity contribution in [3.05, 3.63) is 23.9 Å². The maximum Gasteiger partial charge on any atom is 0.152 e. The Kier molecular flexibility index (Phi) is 3.69. The van der Waals surface area contributed by atoms with Gasteiger partial charge in [0.05, 0.1) is 11.5 Å². The quantitative estimate of drug-likeness (QED) is 0.876. The van der Waals surface area contributed by atoms with Gasteiger partial charge >= 0.3 is 0 Å². The van der Waals surface area contributed by atoms with E-state index in [4.69, 9.17) is 0 Å². The van der Waals surface area contributed by atoms with Crippen molar-refractivity contribution < 1.29 is 8.42 Å². The molecule has 2 heterocycles. The monoisotopic (exact) mass is 295 g/mol. The van der Waals surface area contributed by atoms with E-state index >= 15 is 0 Å². The molecule has 1 aromatic heterocycles. The van der Waals surface area contributed by atoms with E-state index in [1.165, 1.54) is 18.4 Å². The van der Waals surface area contributed by atoms with Gasteiger partial charge < -0.3 is 10.2 Å². The maximum absolute atomic E-state index is 11.5. The first-order valence-electron chi connectivity index (χ1n) is 7.15. The highest BCUT2D eigenvalue weighted by Crippen LogP contribution is 2.22. The van der Waals surface area contributed by atoms with Gasteiger partial charge in [-0.15, -0.1) is 0 Å². The lowest BCUT2D eigenvalue weighted by Crippen LogP contribution is -2.33. The van der Waals surface area contributed by atoms with Crippen LogP contribution in [0.2, 0.25) is 0 Å². The molecule has 1 N–H and O–H groups in total. The minimum Gasteiger partial charge on any atom is -0.356 e. The molecule has 1 saturated heterocycles. The predicted molar refractivity (Wildman–Crippen MR) is 79.6 cm³/mol. The van der Waals surface area contributed by atoms with Crippen LogP contribution >= 0.6 is 0 Å². The Morgan fingerprint density at radius 3 is 2.70 bits per heavy atom. The van der Waals surface area contributed by atoms with Crippen LogP contribution in [0, 0.1) is 0 Å². The Hall–Kier alpha value is -1.14. The van der Waals surface area contributed by atoms with E-state index in [2.05, 4.69) is 16.4 Å². The second kappa shape index (κ2) is 5.33. The zero-order valence-electron chi connectivity index (χ0n) is 11.7. The van der Waals surface area contributed by atoms with E-state index in [0.29, 0.717) is 18.2 Å². The van der Waals surface area contributed by atoms with Gasteiger partial charge in [0.1, 0.15) is 5.82 Å². The molecule has 0 spiro atoms. The van der Waals surface area contributed by atoms with Crippen LogP contribution in [-0.4, -0.2) is 44.0 Å². The van der Waals surface area contributed by atoms with Crippen LogP contribution in [0.3, 0.4) is 0 Å². The average Bonchev–Trinajstić information content (AvgIpc) is 3.19. The Morgan fingerprint density at radius 2 is 2.15 bits per heavy atom. The first kappa shape index (κ1) is 13.8. The number of nitrogens with one attached hydrogen (secondary N) is 1. The van der Waals surface area contributed by atoms with Crippen molar-refractivity contribution in [1.29, 1.82) is 0 Å². The Bertz CT molecular complexity index is 567. The Labute approximate surface area is 120 Å². The van der Waals surface area contributed by atoms with Gasteiger partial charge in [-0.2, -0.15) is 0 Å². The second-order valence-corrected chi connectivity index (χ2v) is 8.08. The van der Waals surface area contributed by atoms with E-state index in [0.717, 1.165) is 12.4 Å². The van der Waals surface area contributed by atoms with Crippen molar-refractivity contribution in [1.82, 2.24) is 10.3 Å². The zero-order valence-corrected chi connectivity index (χ0v) is 12.6. The molecule has 1 saturated carbocycles. The summed E-state index contributed by atoms with van der Waals surface area (Å²) in [4.78, 5) is 6.45. The lowest BCUT2D eigenvalue weighted by molar-refractivity contribution is 0.600. The van der Waals surface area contributed by atoms with Crippen molar-refractivity contribution in [2.75, 3.05) is 23.5 Å². The fourth-order valence-electron chi connectivity index (χ4n) is 2.55. The maximum atomic E-state index is 11.5. The van der Waals surface area contributed by atoms with Crippen molar-refractivity contribution in [3.8, 4) is 0 Å². The summed E-state index contributed by atoms with van der Waals surface area (Å²) >= 11 is 0. The smallest absolute Gasteiger partial charge is 0.152 e. The summed E-state index contributed by atoms with van der Waals surface area (Å²) in [5.74, 6) is 1.39. The molecule has 110 valence electrons. The molecule has 20 heavy (non-hydrogen) atoms. The van der Waals surface area contributed by atoms with Gasteiger partial charge in [0.25, 0.3) is 0 Å². The van der Waals surface area contributed by atoms with Crippen molar-refractivity contribution in [2.24, 2.45) is 0 Å². The molecule has 0 radical (unpaired) electrons. The summed E-state index contributed by atoms with van der Waals surface area (Å²) in [5, 5.41) is 3.45. The highest BCUT2D eigenvalue weighted by molar-refractivity contribution is 7.91. The van der Waals surface area contributed by atoms with Crippen LogP contribution in [0.25, 0.3) is 0 Å². The summed E-state index contributed by atoms with van der Waals surface area (Å²) in [5.41, 5.74) is 1.17. The zero-order chi connectivity index (χ0) is 14.2. The average molecular weight is 295 g/mol. The third kappa shape index (κ3) is 3.30. The molecule has 1 unspecified atom stereocenters. The third-order valence-corrected chi connectivity index (χ3v) is 5.85. The summed E-state index contributed by atoms with van der Waals surface area (Å²) in [6.07, 6.45) is 5.14. The Balaban J connectivity index is 1.61. The van der Waals surface area contributed by atoms with E-state index < -0.39 is 9.84 Å². The number of pyridine rings is 1. The van der Waals surface area contributed by atoms with Gasteiger partial charge in [0, 0.05) is 31.9 Å². The summed E-state index contributed by atoms with van der Waals surface area (Å²) in [6, 6.07) is 4.80. The van der Waals surface area contributed by atoms with Gasteiger partial charge in [-0.05, 0) is 30.9 Å². The van der Waals surface area contributed by atoms with E-state index in [1.54, 1.807) is 0 Å². The van der Waals surface area contributed by atoms with Crippen LogP contribution in [0.1, 0.15) is 24.8 Å². The number of sulfone groups is 1. The molecule has 0 amide bonds. The molecule has 1 aliphatic heterocycles. The van der Waals surface area contributed by atoms with Crippen molar-refractivity contribution in [2.45, 2.75) is 37.9 Å². The molecular formula is C14H21N3O2S. The van der Waals surface area contributed by atoms with Gasteiger partial charge in [-0.3, -0.25) is 0 Å². The van der Waals surface area contributed by atoms with Crippen LogP contribution < -0.4 is 10.2 Å². The van der Waals surface area contributed by atoms with E-state index in [1.807, 2.05) is 24.2 Å². The van der Waals surface area contributed by atoms with Crippen molar-refractivity contribution in [3.63, 3.8) is 0 Å². The first-order valence-corrected chi connectivity index (χ1v) is 8.97. The number of anilines is 1. The molecule has 0 aromatic carbocycles. The number of hydrogen-bond acceptors (Lipinski definition) is 5. The second-order valence-electron chi connectivity index (χ2n) is 5.85. The highest BCUT2D eigenvalue weighted by atomic mass is 32.2. The topological polar surface area (TPSA) is 62.3 Å². The van der Waals surface area contributed by atoms with E-state index in [9.17, 15) is 8.42 Å². The van der Waals surface area contributed by atoms with Gasteiger partial charge in [0.15, 0.2) is 9.84 Å². The van der Waals surface area contributed by atoms with Crippen LogP contribution in [0.15, 0.2) is 18.3 Å². The van der Waals surface area contributed by atoms with Crippen molar-refractivity contribution >= 4 is 15.7 Å². The molecule has 5 nitrogen and oxygen atoms in total. The minimum atomic E-state index is -2.85. The summed E-state index contributed by atoms with van der Waals surface area (Å²) in [6.45, 7) is 0.861. The molecular weight excluding hydrogens is 274 g/mol. The summed E-state index contributed by atoms with van der Waals surface area (Å²) < 4.78 is 23.1. The van der Waals surface area contributed by atoms with Gasteiger partial charge in [-0.1, -0.05) is 6.07 Å². The third-order valence-electron chi connectivity index (χ3n) is 4.10. The SMILES string of the molecule is CN(c1ccc(CNC2CC2)cn1)C1CCS(=O)(=O)C1. The van der Waals surface area contributed by atoms with E-state index in [-0.39, 0.29) is 11.8 Å². The lowest BCUT2D eigenvalue weighted by atomic mass is 10.2. The molecule has 2 aliphatic rings. The van der Waals surface area contributed by atoms with Crippen LogP contribution in [0.5, 0.6) is 0 Å². The number of nitrogens with zero attached hydrogens (tertiary/aromatic N) is 2. The molecule has 3 rings (SSSR count). The lowest BCUT2D eigenvalue weighted by Gasteiger charge is -2.24. The minimum absolute atomic E-state index is 0.0583. The largest absolute Gasteiger partial charge is 0.356 e. The molecule has 0 bridgehead atoms. The Morgan fingerprint density at radius 1 is 1.35 bits per heavy atom. The van der Waals surface area contributed by atoms with Crippen LogP contribution in [0.4, 0.5) is 5.82 Å². The highest BCUT2D eigenvalue weighted by Gasteiger charge is 2.31. The van der Waals surface area contributed by atoms with Gasteiger partial charge in [-0.25, -0.2) is 13.4 Å². The normalized spacial score (nSPS) is 24.8. The summed E-state index contributed by atoms with van der Waals surface area (Å²) in [7, 11) is -0.921. The molecule has 6 heteroatoms. The molecule has 2 fully saturated rings. The molecule has 1 aliphatic carbocycles. The molecule has 1 aromatic rings. The number of aromatic nitrogens is 1.